The fourth-order valence-corrected chi connectivity index (χ4v) is 2.20. The summed E-state index contributed by atoms with van der Waals surface area (Å²) in [6.45, 7) is 0. The molecule has 0 aliphatic heterocycles. The second-order valence-electron chi connectivity index (χ2n) is 4.05. The molecule has 0 spiro atoms. The van der Waals surface area contributed by atoms with Gasteiger partial charge in [-0.25, -0.2) is 0 Å². The Labute approximate surface area is 102 Å². The fourth-order valence-electron chi connectivity index (χ4n) is 2.20. The van der Waals surface area contributed by atoms with E-state index in [1.165, 1.54) is 0 Å². The number of ketones is 2. The van der Waals surface area contributed by atoms with E-state index in [1.807, 2.05) is 0 Å². The topological polar surface area (TPSA) is 74.6 Å². The van der Waals surface area contributed by atoms with Crippen molar-refractivity contribution in [1.82, 2.24) is 0 Å². The van der Waals surface area contributed by atoms with Crippen LogP contribution in [0.1, 0.15) is 20.7 Å². The van der Waals surface area contributed by atoms with Crippen LogP contribution in [0.15, 0.2) is 36.4 Å². The van der Waals surface area contributed by atoms with E-state index in [9.17, 15) is 19.8 Å². The molecule has 1 aliphatic rings. The number of benzene rings is 2. The number of carbonyl (C=O) groups is 2. The fraction of sp³-hybridized carbons (Fsp3) is 0. The summed E-state index contributed by atoms with van der Waals surface area (Å²) in [6.07, 6.45) is 2.19. The number of rotatable bonds is 0. The van der Waals surface area contributed by atoms with Gasteiger partial charge in [-0.15, -0.1) is 0 Å². The van der Waals surface area contributed by atoms with E-state index < -0.39 is 11.6 Å². The normalized spacial score (nSPS) is 14.0. The van der Waals surface area contributed by atoms with Crippen molar-refractivity contribution in [3.8, 4) is 11.5 Å². The van der Waals surface area contributed by atoms with Crippen LogP contribution in [0.2, 0.25) is 0 Å². The molecule has 0 atom stereocenters. The number of aromatic hydroxyl groups is 2. The van der Waals surface area contributed by atoms with Crippen LogP contribution in [0, 0.1) is 0 Å². The number of carbonyl (C=O) groups excluding carboxylic acids is 2. The lowest BCUT2D eigenvalue weighted by atomic mass is 9.89. The van der Waals surface area contributed by atoms with Crippen LogP contribution in [0.4, 0.5) is 0 Å². The van der Waals surface area contributed by atoms with Crippen LogP contribution in [0.25, 0.3) is 10.8 Å². The minimum absolute atomic E-state index is 0.126. The van der Waals surface area contributed by atoms with Crippen molar-refractivity contribution in [2.75, 3.05) is 0 Å². The zero-order chi connectivity index (χ0) is 12.9. The molecule has 0 unspecified atom stereocenters. The largest absolute Gasteiger partial charge is 0.506 e. The molecule has 1 aliphatic carbocycles. The molecule has 0 fully saturated rings. The number of allylic oxidation sites excluding steroid dienone is 2. The Kier molecular flexibility index (Phi) is 2.01. The van der Waals surface area contributed by atoms with Gasteiger partial charge in [0.2, 0.25) is 0 Å². The smallest absolute Gasteiger partial charge is 0.190 e. The molecule has 2 aromatic rings. The zero-order valence-corrected chi connectivity index (χ0v) is 9.18. The summed E-state index contributed by atoms with van der Waals surface area (Å²) in [5.74, 6) is -1.49. The standard InChI is InChI=1S/C14H8O4/c15-9-5-6-10(16)12-11(9)13(17)7-3-1-2-4-8(7)14(12)18/h1-6,17-18H. The molecule has 2 N–H and O–H groups in total. The van der Waals surface area contributed by atoms with Gasteiger partial charge < -0.3 is 10.2 Å². The highest BCUT2D eigenvalue weighted by Crippen LogP contribution is 2.41. The van der Waals surface area contributed by atoms with Crippen molar-refractivity contribution in [1.29, 1.82) is 0 Å². The number of phenols is 2. The van der Waals surface area contributed by atoms with E-state index in [-0.39, 0.29) is 22.6 Å². The van der Waals surface area contributed by atoms with E-state index in [2.05, 4.69) is 0 Å². The minimum Gasteiger partial charge on any atom is -0.506 e. The Hall–Kier alpha value is -2.62. The van der Waals surface area contributed by atoms with Crippen molar-refractivity contribution < 1.29 is 19.8 Å². The van der Waals surface area contributed by atoms with Crippen LogP contribution < -0.4 is 0 Å². The lowest BCUT2D eigenvalue weighted by Crippen LogP contribution is -2.12. The molecule has 4 nitrogen and oxygen atoms in total. The Balaban J connectivity index is 2.56. The summed E-state index contributed by atoms with van der Waals surface area (Å²) < 4.78 is 0. The summed E-state index contributed by atoms with van der Waals surface area (Å²) in [7, 11) is 0. The third kappa shape index (κ3) is 1.20. The van der Waals surface area contributed by atoms with Gasteiger partial charge in [0.15, 0.2) is 11.6 Å². The third-order valence-electron chi connectivity index (χ3n) is 3.04. The van der Waals surface area contributed by atoms with Crippen LogP contribution in [-0.2, 0) is 0 Å². The molecule has 0 amide bonds. The first-order chi connectivity index (χ1) is 8.61. The summed E-state index contributed by atoms with van der Waals surface area (Å²) in [5, 5.41) is 20.9. The highest BCUT2D eigenvalue weighted by atomic mass is 16.3. The van der Waals surface area contributed by atoms with Gasteiger partial charge in [0.1, 0.15) is 11.5 Å². The Morgan fingerprint density at radius 3 is 1.50 bits per heavy atom. The molecule has 18 heavy (non-hydrogen) atoms. The van der Waals surface area contributed by atoms with Crippen molar-refractivity contribution in [2.45, 2.75) is 0 Å². The van der Waals surface area contributed by atoms with Gasteiger partial charge in [-0.05, 0) is 12.2 Å². The number of phenolic OH excluding ortho intramolecular Hbond substituents is 2. The van der Waals surface area contributed by atoms with Gasteiger partial charge >= 0.3 is 0 Å². The van der Waals surface area contributed by atoms with Crippen molar-refractivity contribution in [3.05, 3.63) is 47.5 Å². The Morgan fingerprint density at radius 1 is 0.722 bits per heavy atom. The van der Waals surface area contributed by atoms with E-state index >= 15 is 0 Å². The second-order valence-corrected chi connectivity index (χ2v) is 4.05. The first kappa shape index (κ1) is 10.5. The molecule has 0 bridgehead atoms. The van der Waals surface area contributed by atoms with E-state index in [1.54, 1.807) is 24.3 Å². The van der Waals surface area contributed by atoms with Crippen LogP contribution >= 0.6 is 0 Å². The SMILES string of the molecule is O=C1C=CC(=O)c2c1c(O)c1ccccc1c2O. The molecule has 0 saturated heterocycles. The molecule has 0 aromatic heterocycles. The number of fused-ring (bicyclic) bond motifs is 2. The van der Waals surface area contributed by atoms with Crippen LogP contribution in [-0.4, -0.2) is 21.8 Å². The van der Waals surface area contributed by atoms with Crippen molar-refractivity contribution >= 4 is 22.3 Å². The molecule has 0 radical (unpaired) electrons. The first-order valence-corrected chi connectivity index (χ1v) is 5.34. The summed E-state index contributed by atoms with van der Waals surface area (Å²) >= 11 is 0. The molecule has 0 heterocycles. The predicted octanol–water partition coefficient (Wildman–Crippen LogP) is 2.19. The third-order valence-corrected chi connectivity index (χ3v) is 3.04. The van der Waals surface area contributed by atoms with E-state index in [0.717, 1.165) is 12.2 Å². The van der Waals surface area contributed by atoms with E-state index in [0.29, 0.717) is 10.8 Å². The highest BCUT2D eigenvalue weighted by Gasteiger charge is 2.28. The predicted molar refractivity (Wildman–Crippen MR) is 65.1 cm³/mol. The average molecular weight is 240 g/mol. The lowest BCUT2D eigenvalue weighted by Gasteiger charge is -2.15. The molecular formula is C14H8O4. The van der Waals surface area contributed by atoms with Gasteiger partial charge in [-0.1, -0.05) is 24.3 Å². The maximum atomic E-state index is 11.7. The molecule has 2 aromatic carbocycles. The molecule has 3 rings (SSSR count). The Morgan fingerprint density at radius 2 is 1.11 bits per heavy atom. The maximum Gasteiger partial charge on any atom is 0.190 e. The van der Waals surface area contributed by atoms with Gasteiger partial charge in [0.05, 0.1) is 11.1 Å². The lowest BCUT2D eigenvalue weighted by molar-refractivity contribution is 0.0990. The van der Waals surface area contributed by atoms with Crippen molar-refractivity contribution in [3.63, 3.8) is 0 Å². The monoisotopic (exact) mass is 240 g/mol. The maximum absolute atomic E-state index is 11.7. The molecular weight excluding hydrogens is 232 g/mol. The molecule has 4 heteroatoms. The van der Waals surface area contributed by atoms with Gasteiger partial charge in [-0.2, -0.15) is 0 Å². The van der Waals surface area contributed by atoms with Crippen LogP contribution in [0.5, 0.6) is 11.5 Å². The van der Waals surface area contributed by atoms with Gasteiger partial charge in [0, 0.05) is 10.8 Å². The average Bonchev–Trinajstić information content (AvgIpc) is 2.38. The summed E-state index contributed by atoms with van der Waals surface area (Å²) in [5.41, 5.74) is -0.252. The number of hydrogen-bond acceptors (Lipinski definition) is 4. The first-order valence-electron chi connectivity index (χ1n) is 5.34. The zero-order valence-electron chi connectivity index (χ0n) is 9.18. The quantitative estimate of drug-likeness (QED) is 0.692. The summed E-state index contributed by atoms with van der Waals surface area (Å²) in [4.78, 5) is 23.5. The Bertz CT molecular complexity index is 679. The van der Waals surface area contributed by atoms with E-state index in [4.69, 9.17) is 0 Å². The van der Waals surface area contributed by atoms with Gasteiger partial charge in [-0.3, -0.25) is 9.59 Å². The minimum atomic E-state index is -0.483. The summed E-state index contributed by atoms with van der Waals surface area (Å²) in [6, 6.07) is 6.53. The molecule has 0 saturated carbocycles. The van der Waals surface area contributed by atoms with Crippen LogP contribution in [0.3, 0.4) is 0 Å². The highest BCUT2D eigenvalue weighted by molar-refractivity contribution is 6.27. The second kappa shape index (κ2) is 3.43. The van der Waals surface area contributed by atoms with Gasteiger partial charge in [0.25, 0.3) is 0 Å². The number of hydrogen-bond donors (Lipinski definition) is 2. The van der Waals surface area contributed by atoms with Crippen molar-refractivity contribution in [2.24, 2.45) is 0 Å². The molecule has 88 valence electrons.